The van der Waals surface area contributed by atoms with Crippen LogP contribution in [0.1, 0.15) is 56.2 Å². The van der Waals surface area contributed by atoms with Crippen LogP contribution in [0, 0.1) is 13.8 Å². The van der Waals surface area contributed by atoms with Crippen molar-refractivity contribution < 1.29 is 18.0 Å². The summed E-state index contributed by atoms with van der Waals surface area (Å²) in [4.78, 5) is 14.8. The van der Waals surface area contributed by atoms with E-state index in [1.54, 1.807) is 17.6 Å². The molecule has 0 atom stereocenters. The van der Waals surface area contributed by atoms with Crippen LogP contribution in [0.5, 0.6) is 0 Å². The van der Waals surface area contributed by atoms with Gasteiger partial charge in [-0.2, -0.15) is 18.3 Å². The van der Waals surface area contributed by atoms with Gasteiger partial charge in [-0.1, -0.05) is 18.2 Å². The number of nitrogens with zero attached hydrogens (tertiary/aromatic N) is 2. The fraction of sp³-hybridized carbons (Fsp3) is 0.241. The molecule has 0 fully saturated rings. The van der Waals surface area contributed by atoms with Gasteiger partial charge >= 0.3 is 6.18 Å². The normalized spacial score (nSPS) is 13.5. The number of carbonyl (C=O) groups excluding carboxylic acids is 1. The molecular weight excluding hydrogens is 509 g/mol. The first kappa shape index (κ1) is 25.8. The van der Waals surface area contributed by atoms with Gasteiger partial charge < -0.3 is 9.88 Å². The first-order valence-electron chi connectivity index (χ1n) is 12.4. The van der Waals surface area contributed by atoms with E-state index in [9.17, 15) is 18.0 Å². The van der Waals surface area contributed by atoms with E-state index in [-0.39, 0.29) is 5.91 Å². The van der Waals surface area contributed by atoms with E-state index in [0.717, 1.165) is 76.6 Å². The highest BCUT2D eigenvalue weighted by molar-refractivity contribution is 7.15. The van der Waals surface area contributed by atoms with Crippen molar-refractivity contribution in [3.05, 3.63) is 99.2 Å². The molecule has 0 spiro atoms. The Bertz CT molecular complexity index is 1480. The van der Waals surface area contributed by atoms with Crippen LogP contribution in [0.2, 0.25) is 0 Å². The predicted octanol–water partition coefficient (Wildman–Crippen LogP) is 7.75. The number of aromatic nitrogens is 1. The highest BCUT2D eigenvalue weighted by Crippen LogP contribution is 2.39. The van der Waals surface area contributed by atoms with Crippen LogP contribution in [0.4, 0.5) is 24.5 Å². The number of fused-ring (bicyclic) bond motifs is 1. The molecule has 0 radical (unpaired) electrons. The van der Waals surface area contributed by atoms with Gasteiger partial charge in [0.05, 0.1) is 23.0 Å². The summed E-state index contributed by atoms with van der Waals surface area (Å²) in [5, 5.41) is 8.21. The second kappa shape index (κ2) is 10.5. The van der Waals surface area contributed by atoms with E-state index < -0.39 is 11.7 Å². The summed E-state index contributed by atoms with van der Waals surface area (Å²) in [6.45, 7) is 3.97. The summed E-state index contributed by atoms with van der Waals surface area (Å²) in [5.41, 5.74) is 7.89. The van der Waals surface area contributed by atoms with E-state index >= 15 is 0 Å². The minimum absolute atomic E-state index is 0.114. The maximum Gasteiger partial charge on any atom is 0.416 e. The lowest BCUT2D eigenvalue weighted by atomic mass is 9.95. The average Bonchev–Trinajstić information content (AvgIpc) is 3.40. The van der Waals surface area contributed by atoms with Gasteiger partial charge in [-0.15, -0.1) is 11.3 Å². The fourth-order valence-corrected chi connectivity index (χ4v) is 6.30. The summed E-state index contributed by atoms with van der Waals surface area (Å²) in [6.07, 6.45) is 1.30. The number of aryl methyl sites for hydroxylation is 2. The molecule has 0 saturated carbocycles. The Morgan fingerprint density at radius 3 is 2.42 bits per heavy atom. The number of rotatable bonds is 6. The molecule has 0 aliphatic heterocycles. The molecular formula is C29H27F3N4OS. The molecule has 4 aromatic rings. The maximum absolute atomic E-state index is 13.6. The second-order valence-electron chi connectivity index (χ2n) is 9.32. The highest BCUT2D eigenvalue weighted by Gasteiger charge is 2.30. The van der Waals surface area contributed by atoms with Crippen molar-refractivity contribution in [2.45, 2.75) is 45.7 Å². The average molecular weight is 537 g/mol. The number of thiophene rings is 1. The third-order valence-electron chi connectivity index (χ3n) is 6.69. The fourth-order valence-electron chi connectivity index (χ4n) is 4.80. The highest BCUT2D eigenvalue weighted by atomic mass is 32.1. The van der Waals surface area contributed by atoms with Crippen molar-refractivity contribution in [2.24, 2.45) is 5.10 Å². The van der Waals surface area contributed by atoms with Gasteiger partial charge in [0, 0.05) is 27.5 Å². The molecule has 1 aliphatic rings. The Hall–Kier alpha value is -3.85. The Morgan fingerprint density at radius 2 is 1.71 bits per heavy atom. The summed E-state index contributed by atoms with van der Waals surface area (Å²) in [5.74, 6) is -0.114. The zero-order valence-electron chi connectivity index (χ0n) is 21.0. The maximum atomic E-state index is 13.6. The number of nitrogens with one attached hydrogen (secondary N) is 2. The molecule has 5 nitrogen and oxygen atoms in total. The first-order valence-corrected chi connectivity index (χ1v) is 13.2. The minimum Gasteiger partial charge on any atom is -0.322 e. The molecule has 1 amide bonds. The number of amides is 1. The van der Waals surface area contributed by atoms with Gasteiger partial charge in [0.25, 0.3) is 5.91 Å². The molecule has 0 unspecified atom stereocenters. The van der Waals surface area contributed by atoms with Gasteiger partial charge in [0.1, 0.15) is 5.00 Å². The molecule has 2 N–H and O–H groups in total. The van der Waals surface area contributed by atoms with E-state index in [1.807, 2.05) is 50.2 Å². The van der Waals surface area contributed by atoms with Crippen LogP contribution >= 0.6 is 11.3 Å². The zero-order chi connectivity index (χ0) is 26.9. The van der Waals surface area contributed by atoms with Crippen molar-refractivity contribution in [2.75, 3.05) is 10.7 Å². The predicted molar refractivity (Wildman–Crippen MR) is 147 cm³/mol. The van der Waals surface area contributed by atoms with Crippen molar-refractivity contribution in [1.29, 1.82) is 0 Å². The van der Waals surface area contributed by atoms with Crippen LogP contribution in [0.15, 0.2) is 65.8 Å². The number of halogens is 3. The van der Waals surface area contributed by atoms with Crippen LogP contribution < -0.4 is 10.7 Å². The number of benzene rings is 2. The number of alkyl halides is 3. The van der Waals surface area contributed by atoms with E-state index in [2.05, 4.69) is 20.4 Å². The summed E-state index contributed by atoms with van der Waals surface area (Å²) < 4.78 is 40.5. The molecule has 2 heterocycles. The minimum atomic E-state index is -4.38. The molecule has 196 valence electrons. The second-order valence-corrected chi connectivity index (χ2v) is 10.4. The van der Waals surface area contributed by atoms with Gasteiger partial charge in [0.2, 0.25) is 0 Å². The molecule has 0 bridgehead atoms. The third-order valence-corrected chi connectivity index (χ3v) is 7.97. The topological polar surface area (TPSA) is 58.4 Å². The van der Waals surface area contributed by atoms with E-state index in [4.69, 9.17) is 0 Å². The number of carbonyl (C=O) groups is 1. The zero-order valence-corrected chi connectivity index (χ0v) is 21.8. The van der Waals surface area contributed by atoms with Gasteiger partial charge in [-0.25, -0.2) is 0 Å². The molecule has 2 aromatic heterocycles. The Morgan fingerprint density at radius 1 is 1.00 bits per heavy atom. The van der Waals surface area contributed by atoms with Crippen molar-refractivity contribution in [3.8, 4) is 5.00 Å². The lowest BCUT2D eigenvalue weighted by Crippen LogP contribution is -2.17. The molecule has 38 heavy (non-hydrogen) atoms. The molecule has 0 saturated heterocycles. The lowest BCUT2D eigenvalue weighted by molar-refractivity contribution is -0.137. The van der Waals surface area contributed by atoms with Crippen molar-refractivity contribution in [1.82, 2.24) is 4.57 Å². The number of para-hydroxylation sites is 1. The largest absolute Gasteiger partial charge is 0.416 e. The SMILES string of the molecule is Cc1cc(/C=N/Nc2ccc(C(F)(F)F)cc2)c(C)n1-c1sc2c(c1C(=O)Nc1ccccc1)CCCC2. The molecule has 2 aromatic carbocycles. The number of anilines is 2. The summed E-state index contributed by atoms with van der Waals surface area (Å²) >= 11 is 1.67. The monoisotopic (exact) mass is 536 g/mol. The van der Waals surface area contributed by atoms with Crippen LogP contribution in [-0.4, -0.2) is 16.7 Å². The number of hydrazone groups is 1. The van der Waals surface area contributed by atoms with Crippen molar-refractivity contribution >= 4 is 34.8 Å². The van der Waals surface area contributed by atoms with Crippen molar-refractivity contribution in [3.63, 3.8) is 0 Å². The Kier molecular flexibility index (Phi) is 7.12. The number of hydrogen-bond acceptors (Lipinski definition) is 4. The van der Waals surface area contributed by atoms with Gasteiger partial charge in [-0.3, -0.25) is 10.2 Å². The smallest absolute Gasteiger partial charge is 0.322 e. The molecule has 5 rings (SSSR count). The lowest BCUT2D eigenvalue weighted by Gasteiger charge is -2.14. The Labute approximate surface area is 223 Å². The van der Waals surface area contributed by atoms with Crippen LogP contribution in [0.25, 0.3) is 5.00 Å². The summed E-state index contributed by atoms with van der Waals surface area (Å²) in [7, 11) is 0. The molecule has 9 heteroatoms. The third kappa shape index (κ3) is 5.24. The molecule has 1 aliphatic carbocycles. The van der Waals surface area contributed by atoms with Crippen LogP contribution in [-0.2, 0) is 19.0 Å². The quantitative estimate of drug-likeness (QED) is 0.196. The standard InChI is InChI=1S/C29H27F3N4OS/c1-18-16-20(17-33-35-23-14-12-21(13-15-23)29(30,31)32)19(2)36(18)28-26(24-10-6-7-11-25(24)38-28)27(37)34-22-8-4-3-5-9-22/h3-5,8-9,12-17,35H,6-7,10-11H2,1-2H3,(H,34,37)/b33-17+. The Balaban J connectivity index is 1.44. The van der Waals surface area contributed by atoms with Gasteiger partial charge in [0.15, 0.2) is 0 Å². The number of hydrogen-bond donors (Lipinski definition) is 2. The first-order chi connectivity index (χ1) is 18.2. The van der Waals surface area contributed by atoms with E-state index in [1.165, 1.54) is 17.0 Å². The van der Waals surface area contributed by atoms with Crippen LogP contribution in [0.3, 0.4) is 0 Å². The van der Waals surface area contributed by atoms with Gasteiger partial charge in [-0.05, 0) is 87.6 Å². The summed E-state index contributed by atoms with van der Waals surface area (Å²) in [6, 6.07) is 16.2. The van der Waals surface area contributed by atoms with E-state index in [0.29, 0.717) is 5.69 Å².